The van der Waals surface area contributed by atoms with Gasteiger partial charge in [0.2, 0.25) is 0 Å². The molecule has 1 aromatic heterocycles. The number of rotatable bonds is 6. The number of methoxy groups -OCH3 is 2. The van der Waals surface area contributed by atoms with Gasteiger partial charge in [-0.25, -0.2) is 5.43 Å². The first kappa shape index (κ1) is 17.9. The number of nitrogens with zero attached hydrogens (tertiary/aromatic N) is 2. The van der Waals surface area contributed by atoms with E-state index >= 15 is 0 Å². The van der Waals surface area contributed by atoms with E-state index in [0.717, 1.165) is 5.56 Å². The van der Waals surface area contributed by atoms with Crippen molar-refractivity contribution in [1.82, 2.24) is 15.7 Å². The Balaban J connectivity index is 1.88. The fourth-order valence-electron chi connectivity index (χ4n) is 1.90. The van der Waals surface area contributed by atoms with Crippen molar-refractivity contribution in [2.45, 2.75) is 6.54 Å². The van der Waals surface area contributed by atoms with E-state index in [0.29, 0.717) is 17.1 Å². The van der Waals surface area contributed by atoms with Crippen LogP contribution in [-0.2, 0) is 16.1 Å². The first-order valence-corrected chi connectivity index (χ1v) is 7.36. The summed E-state index contributed by atoms with van der Waals surface area (Å²) in [5.74, 6) is -0.485. The fraction of sp³-hybridized carbons (Fsp3) is 0.176. The number of hydrogen-bond donors (Lipinski definition) is 2. The van der Waals surface area contributed by atoms with Crippen LogP contribution in [0.3, 0.4) is 0 Å². The van der Waals surface area contributed by atoms with Gasteiger partial charge in [-0.3, -0.25) is 14.6 Å². The molecule has 0 atom stereocenters. The largest absolute Gasteiger partial charge is 0.497 e. The van der Waals surface area contributed by atoms with Gasteiger partial charge in [-0.15, -0.1) is 0 Å². The van der Waals surface area contributed by atoms with Gasteiger partial charge in [0.05, 0.1) is 20.4 Å². The van der Waals surface area contributed by atoms with Crippen LogP contribution in [0.2, 0.25) is 0 Å². The molecule has 0 radical (unpaired) electrons. The third-order valence-electron chi connectivity index (χ3n) is 3.22. The quantitative estimate of drug-likeness (QED) is 0.461. The monoisotopic (exact) mass is 342 g/mol. The zero-order chi connectivity index (χ0) is 18.1. The number of ether oxygens (including phenoxy) is 2. The molecule has 0 fully saturated rings. The summed E-state index contributed by atoms with van der Waals surface area (Å²) >= 11 is 0. The van der Waals surface area contributed by atoms with E-state index in [1.807, 2.05) is 0 Å². The Hall–Kier alpha value is -3.42. The van der Waals surface area contributed by atoms with Crippen LogP contribution >= 0.6 is 0 Å². The van der Waals surface area contributed by atoms with Gasteiger partial charge in [-0.2, -0.15) is 5.10 Å². The van der Waals surface area contributed by atoms with Crippen molar-refractivity contribution in [2.75, 3.05) is 14.2 Å². The van der Waals surface area contributed by atoms with Crippen molar-refractivity contribution in [3.63, 3.8) is 0 Å². The maximum Gasteiger partial charge on any atom is 0.329 e. The highest BCUT2D eigenvalue weighted by molar-refractivity contribution is 6.35. The molecule has 8 nitrogen and oxygen atoms in total. The van der Waals surface area contributed by atoms with E-state index in [1.54, 1.807) is 49.8 Å². The molecule has 2 N–H and O–H groups in total. The summed E-state index contributed by atoms with van der Waals surface area (Å²) < 4.78 is 10.3. The average Bonchev–Trinajstić information content (AvgIpc) is 2.66. The van der Waals surface area contributed by atoms with Crippen molar-refractivity contribution in [2.24, 2.45) is 5.10 Å². The summed E-state index contributed by atoms with van der Waals surface area (Å²) in [5, 5.41) is 6.26. The number of aromatic nitrogens is 1. The van der Waals surface area contributed by atoms with Gasteiger partial charge in [0.25, 0.3) is 0 Å². The highest BCUT2D eigenvalue weighted by Crippen LogP contribution is 2.22. The molecule has 0 aliphatic rings. The smallest absolute Gasteiger partial charge is 0.329 e. The lowest BCUT2D eigenvalue weighted by Gasteiger charge is -2.07. The SMILES string of the molecule is COc1ccc(/C=N\NC(=O)C(=O)NCc2ccncc2)c(OC)c1. The van der Waals surface area contributed by atoms with Gasteiger partial charge in [-0.1, -0.05) is 0 Å². The predicted molar refractivity (Wildman–Crippen MR) is 91.4 cm³/mol. The molecular weight excluding hydrogens is 324 g/mol. The van der Waals surface area contributed by atoms with Crippen LogP contribution in [0.4, 0.5) is 0 Å². The second-order valence-electron chi connectivity index (χ2n) is 4.85. The molecule has 8 heteroatoms. The molecule has 0 bridgehead atoms. The first-order chi connectivity index (χ1) is 12.1. The zero-order valence-corrected chi connectivity index (χ0v) is 13.9. The summed E-state index contributed by atoms with van der Waals surface area (Å²) in [6.07, 6.45) is 4.59. The molecular formula is C17H18N4O4. The van der Waals surface area contributed by atoms with E-state index in [-0.39, 0.29) is 6.54 Å². The van der Waals surface area contributed by atoms with Gasteiger partial charge >= 0.3 is 11.8 Å². The van der Waals surface area contributed by atoms with Crippen LogP contribution in [0.1, 0.15) is 11.1 Å². The number of amides is 2. The van der Waals surface area contributed by atoms with Gasteiger partial charge < -0.3 is 14.8 Å². The number of benzene rings is 1. The third kappa shape index (κ3) is 5.31. The second kappa shape index (κ2) is 9.02. The van der Waals surface area contributed by atoms with Crippen LogP contribution < -0.4 is 20.2 Å². The Labute approximate surface area is 144 Å². The standard InChI is InChI=1S/C17H18N4O4/c1-24-14-4-3-13(15(9-14)25-2)11-20-21-17(23)16(22)19-10-12-5-7-18-8-6-12/h3-9,11H,10H2,1-2H3,(H,19,22)(H,21,23)/b20-11-. The molecule has 0 saturated carbocycles. The van der Waals surface area contributed by atoms with Crippen molar-refractivity contribution in [1.29, 1.82) is 0 Å². The van der Waals surface area contributed by atoms with Crippen LogP contribution in [0.15, 0.2) is 47.8 Å². The number of hydrazone groups is 1. The minimum atomic E-state index is -0.863. The van der Waals surface area contributed by atoms with Gasteiger partial charge in [0, 0.05) is 30.6 Å². The van der Waals surface area contributed by atoms with Crippen LogP contribution in [-0.4, -0.2) is 37.2 Å². The van der Waals surface area contributed by atoms with Gasteiger partial charge in [0.1, 0.15) is 11.5 Å². The summed E-state index contributed by atoms with van der Waals surface area (Å²) in [6, 6.07) is 8.62. The Bertz CT molecular complexity index is 762. The summed E-state index contributed by atoms with van der Waals surface area (Å²) in [7, 11) is 3.06. The van der Waals surface area contributed by atoms with Crippen LogP contribution in [0, 0.1) is 0 Å². The molecule has 0 saturated heterocycles. The number of carbonyl (C=O) groups is 2. The molecule has 2 rings (SSSR count). The summed E-state index contributed by atoms with van der Waals surface area (Å²) in [4.78, 5) is 27.3. The Morgan fingerprint density at radius 2 is 1.88 bits per heavy atom. The molecule has 2 amide bonds. The highest BCUT2D eigenvalue weighted by atomic mass is 16.5. The molecule has 0 aliphatic heterocycles. The molecule has 130 valence electrons. The Morgan fingerprint density at radius 1 is 1.12 bits per heavy atom. The Morgan fingerprint density at radius 3 is 2.56 bits per heavy atom. The third-order valence-corrected chi connectivity index (χ3v) is 3.22. The number of nitrogens with one attached hydrogen (secondary N) is 2. The van der Waals surface area contributed by atoms with Crippen LogP contribution in [0.25, 0.3) is 0 Å². The maximum absolute atomic E-state index is 11.7. The molecule has 2 aromatic rings. The lowest BCUT2D eigenvalue weighted by Crippen LogP contribution is -2.37. The van der Waals surface area contributed by atoms with Crippen LogP contribution in [0.5, 0.6) is 11.5 Å². The lowest BCUT2D eigenvalue weighted by molar-refractivity contribution is -0.139. The molecule has 25 heavy (non-hydrogen) atoms. The summed E-state index contributed by atoms with van der Waals surface area (Å²) in [6.45, 7) is 0.227. The average molecular weight is 342 g/mol. The molecule has 0 unspecified atom stereocenters. The molecule has 0 aliphatic carbocycles. The van der Waals surface area contributed by atoms with E-state index < -0.39 is 11.8 Å². The molecule has 1 heterocycles. The van der Waals surface area contributed by atoms with E-state index in [4.69, 9.17) is 9.47 Å². The topological polar surface area (TPSA) is 102 Å². The van der Waals surface area contributed by atoms with Gasteiger partial charge in [0.15, 0.2) is 0 Å². The second-order valence-corrected chi connectivity index (χ2v) is 4.85. The van der Waals surface area contributed by atoms with Crippen molar-refractivity contribution < 1.29 is 19.1 Å². The lowest BCUT2D eigenvalue weighted by atomic mass is 10.2. The maximum atomic E-state index is 11.7. The number of hydrogen-bond acceptors (Lipinski definition) is 6. The normalized spacial score (nSPS) is 10.3. The van der Waals surface area contributed by atoms with E-state index in [9.17, 15) is 9.59 Å². The van der Waals surface area contributed by atoms with Crippen molar-refractivity contribution >= 4 is 18.0 Å². The fourth-order valence-corrected chi connectivity index (χ4v) is 1.90. The minimum Gasteiger partial charge on any atom is -0.497 e. The van der Waals surface area contributed by atoms with Crippen molar-refractivity contribution in [3.05, 3.63) is 53.9 Å². The first-order valence-electron chi connectivity index (χ1n) is 7.36. The Kier molecular flexibility index (Phi) is 6.47. The van der Waals surface area contributed by atoms with E-state index in [2.05, 4.69) is 20.8 Å². The predicted octanol–water partition coefficient (Wildman–Crippen LogP) is 0.865. The number of carbonyl (C=O) groups excluding carboxylic acids is 2. The zero-order valence-electron chi connectivity index (χ0n) is 13.9. The number of pyridine rings is 1. The van der Waals surface area contributed by atoms with Crippen molar-refractivity contribution in [3.8, 4) is 11.5 Å². The molecule has 0 spiro atoms. The summed E-state index contributed by atoms with van der Waals surface area (Å²) in [5.41, 5.74) is 3.63. The van der Waals surface area contributed by atoms with Gasteiger partial charge in [-0.05, 0) is 29.8 Å². The highest BCUT2D eigenvalue weighted by Gasteiger charge is 2.12. The minimum absolute atomic E-state index is 0.227. The molecule has 1 aromatic carbocycles. The van der Waals surface area contributed by atoms with E-state index in [1.165, 1.54) is 13.3 Å².